The second-order valence-corrected chi connectivity index (χ2v) is 4.16. The van der Waals surface area contributed by atoms with Gasteiger partial charge in [-0.1, -0.05) is 6.92 Å². The number of hydrogen-bond donors (Lipinski definition) is 3. The van der Waals surface area contributed by atoms with Gasteiger partial charge in [-0.05, 0) is 6.42 Å². The van der Waals surface area contributed by atoms with Crippen LogP contribution >= 0.6 is 0 Å². The summed E-state index contributed by atoms with van der Waals surface area (Å²) in [5, 5.41) is 2.09. The first-order valence-corrected chi connectivity index (χ1v) is 6.25. The van der Waals surface area contributed by atoms with Gasteiger partial charge in [-0.15, -0.1) is 0 Å². The van der Waals surface area contributed by atoms with E-state index in [0.29, 0.717) is 5.82 Å². The SMILES string of the molecule is CCCc1nc(NN)cc(NN2CCOCC2)n1. The third kappa shape index (κ3) is 3.52. The summed E-state index contributed by atoms with van der Waals surface area (Å²) < 4.78 is 5.30. The molecule has 1 aromatic heterocycles. The lowest BCUT2D eigenvalue weighted by Crippen LogP contribution is -2.40. The van der Waals surface area contributed by atoms with E-state index in [4.69, 9.17) is 10.6 Å². The summed E-state index contributed by atoms with van der Waals surface area (Å²) in [6.07, 6.45) is 1.85. The number of ether oxygens (including phenoxy) is 1. The van der Waals surface area contributed by atoms with Crippen LogP contribution in [0.15, 0.2) is 6.07 Å². The fourth-order valence-corrected chi connectivity index (χ4v) is 1.80. The zero-order valence-corrected chi connectivity index (χ0v) is 10.6. The fraction of sp³-hybridized carbons (Fsp3) is 0.636. The molecule has 18 heavy (non-hydrogen) atoms. The number of nitrogens with zero attached hydrogens (tertiary/aromatic N) is 3. The van der Waals surface area contributed by atoms with Crippen LogP contribution in [-0.2, 0) is 11.2 Å². The highest BCUT2D eigenvalue weighted by Gasteiger charge is 2.11. The number of aryl methyl sites for hydroxylation is 1. The normalized spacial score (nSPS) is 16.6. The molecular formula is C11H20N6O. The summed E-state index contributed by atoms with van der Waals surface area (Å²) in [4.78, 5) is 8.77. The predicted octanol–water partition coefficient (Wildman–Crippen LogP) is 0.374. The third-order valence-corrected chi connectivity index (χ3v) is 2.68. The minimum atomic E-state index is 0.629. The predicted molar refractivity (Wildman–Crippen MR) is 69.9 cm³/mol. The van der Waals surface area contributed by atoms with Gasteiger partial charge >= 0.3 is 0 Å². The number of nitrogens with two attached hydrogens (primary N) is 1. The molecule has 1 fully saturated rings. The molecule has 0 radical (unpaired) electrons. The van der Waals surface area contributed by atoms with E-state index in [-0.39, 0.29) is 0 Å². The highest BCUT2D eigenvalue weighted by molar-refractivity contribution is 5.46. The zero-order valence-electron chi connectivity index (χ0n) is 10.6. The van der Waals surface area contributed by atoms with Crippen LogP contribution in [-0.4, -0.2) is 41.3 Å². The Bertz CT molecular complexity index is 380. The number of anilines is 2. The average Bonchev–Trinajstić information content (AvgIpc) is 2.40. The summed E-state index contributed by atoms with van der Waals surface area (Å²) >= 11 is 0. The van der Waals surface area contributed by atoms with Crippen LogP contribution in [0.5, 0.6) is 0 Å². The molecule has 0 unspecified atom stereocenters. The largest absolute Gasteiger partial charge is 0.379 e. The van der Waals surface area contributed by atoms with Crippen LogP contribution in [0.3, 0.4) is 0 Å². The van der Waals surface area contributed by atoms with Crippen molar-refractivity contribution in [1.82, 2.24) is 15.0 Å². The molecule has 2 rings (SSSR count). The minimum absolute atomic E-state index is 0.629. The molecular weight excluding hydrogens is 232 g/mol. The van der Waals surface area contributed by atoms with Crippen LogP contribution in [0.4, 0.5) is 11.6 Å². The van der Waals surface area contributed by atoms with Gasteiger partial charge in [-0.2, -0.15) is 0 Å². The molecule has 0 amide bonds. The maximum Gasteiger partial charge on any atom is 0.146 e. The molecule has 0 aliphatic carbocycles. The van der Waals surface area contributed by atoms with Crippen LogP contribution in [0.2, 0.25) is 0 Å². The second-order valence-electron chi connectivity index (χ2n) is 4.16. The van der Waals surface area contributed by atoms with Gasteiger partial charge in [0.25, 0.3) is 0 Å². The topological polar surface area (TPSA) is 88.3 Å². The first-order chi connectivity index (χ1) is 8.81. The van der Waals surface area contributed by atoms with Gasteiger partial charge < -0.3 is 15.6 Å². The summed E-state index contributed by atoms with van der Waals surface area (Å²) in [6.45, 7) is 5.27. The lowest BCUT2D eigenvalue weighted by atomic mass is 10.3. The molecule has 1 aliphatic heterocycles. The van der Waals surface area contributed by atoms with Crippen molar-refractivity contribution < 1.29 is 4.74 Å². The molecule has 0 spiro atoms. The van der Waals surface area contributed by atoms with E-state index in [0.717, 1.165) is 50.8 Å². The Kier molecular flexibility index (Phi) is 4.68. The van der Waals surface area contributed by atoms with Crippen molar-refractivity contribution in [3.63, 3.8) is 0 Å². The Balaban J connectivity index is 2.07. The Hall–Kier alpha value is -1.44. The third-order valence-electron chi connectivity index (χ3n) is 2.68. The smallest absolute Gasteiger partial charge is 0.146 e. The number of nitrogens with one attached hydrogen (secondary N) is 2. The Morgan fingerprint density at radius 1 is 1.33 bits per heavy atom. The maximum atomic E-state index is 5.42. The lowest BCUT2D eigenvalue weighted by molar-refractivity contribution is 0.0495. The van der Waals surface area contributed by atoms with E-state index in [9.17, 15) is 0 Å². The van der Waals surface area contributed by atoms with E-state index in [1.165, 1.54) is 0 Å². The molecule has 0 atom stereocenters. The quantitative estimate of drug-likeness (QED) is 0.515. The van der Waals surface area contributed by atoms with Crippen molar-refractivity contribution in [3.8, 4) is 0 Å². The van der Waals surface area contributed by atoms with Crippen molar-refractivity contribution in [3.05, 3.63) is 11.9 Å². The monoisotopic (exact) mass is 252 g/mol. The first-order valence-electron chi connectivity index (χ1n) is 6.25. The molecule has 0 bridgehead atoms. The van der Waals surface area contributed by atoms with Crippen LogP contribution in [0, 0.1) is 0 Å². The molecule has 1 saturated heterocycles. The maximum absolute atomic E-state index is 5.42. The molecule has 2 heterocycles. The van der Waals surface area contributed by atoms with Crippen molar-refractivity contribution in [2.45, 2.75) is 19.8 Å². The van der Waals surface area contributed by atoms with Crippen molar-refractivity contribution >= 4 is 11.6 Å². The van der Waals surface area contributed by atoms with E-state index < -0.39 is 0 Å². The molecule has 0 saturated carbocycles. The Morgan fingerprint density at radius 2 is 2.06 bits per heavy atom. The number of morpholine rings is 1. The second kappa shape index (κ2) is 6.48. The fourth-order valence-electron chi connectivity index (χ4n) is 1.80. The number of aromatic nitrogens is 2. The van der Waals surface area contributed by atoms with E-state index in [1.54, 1.807) is 6.07 Å². The molecule has 100 valence electrons. The average molecular weight is 252 g/mol. The number of nitrogen functional groups attached to an aromatic ring is 1. The molecule has 1 aromatic rings. The standard InChI is InChI=1S/C11H20N6O/c1-2-3-9-13-10(15-12)8-11(14-9)16-17-4-6-18-7-5-17/h8H,2-7,12H2,1H3,(H2,13,14,15,16). The highest BCUT2D eigenvalue weighted by atomic mass is 16.5. The van der Waals surface area contributed by atoms with Crippen molar-refractivity contribution in [2.75, 3.05) is 37.2 Å². The van der Waals surface area contributed by atoms with Gasteiger partial charge in [-0.25, -0.2) is 20.8 Å². The zero-order chi connectivity index (χ0) is 12.8. The van der Waals surface area contributed by atoms with E-state index >= 15 is 0 Å². The summed E-state index contributed by atoms with van der Waals surface area (Å²) in [6, 6.07) is 1.80. The molecule has 1 aliphatic rings. The summed E-state index contributed by atoms with van der Waals surface area (Å²) in [5.74, 6) is 7.61. The van der Waals surface area contributed by atoms with Gasteiger partial charge in [0, 0.05) is 25.6 Å². The molecule has 4 N–H and O–H groups in total. The Labute approximate surface area is 107 Å². The number of hydrogen-bond acceptors (Lipinski definition) is 7. The lowest BCUT2D eigenvalue weighted by Gasteiger charge is -2.27. The van der Waals surface area contributed by atoms with Crippen molar-refractivity contribution in [2.24, 2.45) is 5.84 Å². The highest BCUT2D eigenvalue weighted by Crippen LogP contribution is 2.12. The van der Waals surface area contributed by atoms with Crippen molar-refractivity contribution in [1.29, 1.82) is 0 Å². The van der Waals surface area contributed by atoms with Gasteiger partial charge in [-0.3, -0.25) is 0 Å². The molecule has 7 nitrogen and oxygen atoms in total. The van der Waals surface area contributed by atoms with Gasteiger partial charge in [0.15, 0.2) is 0 Å². The van der Waals surface area contributed by atoms with E-state index in [1.807, 2.05) is 0 Å². The molecule has 0 aromatic carbocycles. The molecule has 7 heteroatoms. The van der Waals surface area contributed by atoms with Crippen LogP contribution in [0.25, 0.3) is 0 Å². The van der Waals surface area contributed by atoms with Gasteiger partial charge in [0.05, 0.1) is 13.2 Å². The summed E-state index contributed by atoms with van der Waals surface area (Å²) in [7, 11) is 0. The number of rotatable bonds is 5. The number of hydrazine groups is 2. The summed E-state index contributed by atoms with van der Waals surface area (Å²) in [5.41, 5.74) is 5.83. The minimum Gasteiger partial charge on any atom is -0.379 e. The van der Waals surface area contributed by atoms with Crippen LogP contribution < -0.4 is 16.7 Å². The van der Waals surface area contributed by atoms with E-state index in [2.05, 4.69) is 32.8 Å². The van der Waals surface area contributed by atoms with Gasteiger partial charge in [0.2, 0.25) is 0 Å². The van der Waals surface area contributed by atoms with Gasteiger partial charge in [0.1, 0.15) is 17.5 Å². The Morgan fingerprint density at radius 3 is 2.72 bits per heavy atom. The first kappa shape index (κ1) is 13.0. The van der Waals surface area contributed by atoms with Crippen LogP contribution in [0.1, 0.15) is 19.2 Å².